The summed E-state index contributed by atoms with van der Waals surface area (Å²) in [7, 11) is 2.03. The lowest BCUT2D eigenvalue weighted by molar-refractivity contribution is 0.340. The molecule has 0 heterocycles. The molecule has 0 aromatic heterocycles. The maximum Gasteiger partial charge on any atom is 0.123 e. The van der Waals surface area contributed by atoms with Crippen LogP contribution in [0.4, 0.5) is 11.4 Å². The number of nitrogen functional groups attached to an aromatic ring is 1. The Morgan fingerprint density at radius 3 is 2.57 bits per heavy atom. The molecule has 0 spiro atoms. The molecule has 0 aliphatic rings. The van der Waals surface area contributed by atoms with Crippen LogP contribution >= 0.6 is 0 Å². The van der Waals surface area contributed by atoms with Crippen LogP contribution in [0.25, 0.3) is 0 Å². The van der Waals surface area contributed by atoms with E-state index in [9.17, 15) is 0 Å². The summed E-state index contributed by atoms with van der Waals surface area (Å²) in [5, 5.41) is 0. The molecule has 0 saturated carbocycles. The van der Waals surface area contributed by atoms with Gasteiger partial charge in [-0.15, -0.1) is 0 Å². The Kier molecular flexibility index (Phi) is 3.63. The third-order valence-electron chi connectivity index (χ3n) is 2.14. The number of hydrogen-bond acceptors (Lipinski definition) is 3. The molecular weight excluding hydrogens is 176 g/mol. The molecule has 0 radical (unpaired) electrons. The van der Waals surface area contributed by atoms with Gasteiger partial charge in [0.25, 0.3) is 0 Å². The molecular formula is C11H18N2O. The Balaban J connectivity index is 2.94. The monoisotopic (exact) mass is 194 g/mol. The summed E-state index contributed by atoms with van der Waals surface area (Å²) >= 11 is 0. The molecule has 3 heteroatoms. The number of nitrogens with two attached hydrogens (primary N) is 1. The van der Waals surface area contributed by atoms with E-state index < -0.39 is 0 Å². The smallest absolute Gasteiger partial charge is 0.123 e. The van der Waals surface area contributed by atoms with Gasteiger partial charge < -0.3 is 15.4 Å². The van der Waals surface area contributed by atoms with Crippen LogP contribution in [0.1, 0.15) is 13.8 Å². The van der Waals surface area contributed by atoms with E-state index in [2.05, 4.69) is 11.8 Å². The fraction of sp³-hybridized carbons (Fsp3) is 0.455. The van der Waals surface area contributed by atoms with Crippen molar-refractivity contribution >= 4 is 11.4 Å². The van der Waals surface area contributed by atoms with Crippen LogP contribution in [0.2, 0.25) is 0 Å². The highest BCUT2D eigenvalue weighted by Crippen LogP contribution is 2.24. The summed E-state index contributed by atoms with van der Waals surface area (Å²) < 4.78 is 5.42. The van der Waals surface area contributed by atoms with Crippen molar-refractivity contribution in [3.63, 3.8) is 0 Å². The van der Waals surface area contributed by atoms with Crippen molar-refractivity contribution in [2.24, 2.45) is 0 Å². The number of benzene rings is 1. The van der Waals surface area contributed by atoms with Crippen LogP contribution in [0.15, 0.2) is 18.2 Å². The zero-order valence-corrected chi connectivity index (χ0v) is 9.08. The Hall–Kier alpha value is -1.38. The first-order chi connectivity index (χ1) is 6.67. The van der Waals surface area contributed by atoms with Gasteiger partial charge >= 0.3 is 0 Å². The number of rotatable bonds is 4. The van der Waals surface area contributed by atoms with Crippen LogP contribution < -0.4 is 15.4 Å². The van der Waals surface area contributed by atoms with Crippen molar-refractivity contribution in [2.75, 3.05) is 30.8 Å². The van der Waals surface area contributed by atoms with Gasteiger partial charge in [0.2, 0.25) is 0 Å². The highest BCUT2D eigenvalue weighted by molar-refractivity contribution is 5.60. The second-order valence-electron chi connectivity index (χ2n) is 3.21. The zero-order valence-electron chi connectivity index (χ0n) is 9.08. The van der Waals surface area contributed by atoms with Crippen LogP contribution in [0.5, 0.6) is 5.75 Å². The molecule has 2 N–H and O–H groups in total. The van der Waals surface area contributed by atoms with Crippen molar-refractivity contribution in [2.45, 2.75) is 13.8 Å². The molecule has 0 bridgehead atoms. The average molecular weight is 194 g/mol. The van der Waals surface area contributed by atoms with Crippen LogP contribution in [-0.2, 0) is 0 Å². The molecule has 0 aliphatic carbocycles. The average Bonchev–Trinajstić information content (AvgIpc) is 2.16. The van der Waals surface area contributed by atoms with E-state index in [1.807, 2.05) is 32.2 Å². The summed E-state index contributed by atoms with van der Waals surface area (Å²) in [6, 6.07) is 5.80. The van der Waals surface area contributed by atoms with E-state index in [0.717, 1.165) is 23.7 Å². The van der Waals surface area contributed by atoms with Gasteiger partial charge in [0.05, 0.1) is 6.61 Å². The first-order valence-electron chi connectivity index (χ1n) is 4.91. The largest absolute Gasteiger partial charge is 0.494 e. The van der Waals surface area contributed by atoms with Gasteiger partial charge in [-0.05, 0) is 19.9 Å². The van der Waals surface area contributed by atoms with Crippen LogP contribution in [0, 0.1) is 0 Å². The Labute approximate surface area is 85.5 Å². The molecule has 1 rings (SSSR count). The molecule has 14 heavy (non-hydrogen) atoms. The summed E-state index contributed by atoms with van der Waals surface area (Å²) in [5.41, 5.74) is 7.61. The van der Waals surface area contributed by atoms with E-state index in [4.69, 9.17) is 10.5 Å². The van der Waals surface area contributed by atoms with Gasteiger partial charge in [0.15, 0.2) is 0 Å². The minimum absolute atomic E-state index is 0.665. The molecule has 0 aliphatic heterocycles. The van der Waals surface area contributed by atoms with E-state index in [0.29, 0.717) is 6.61 Å². The first-order valence-corrected chi connectivity index (χ1v) is 4.91. The third-order valence-corrected chi connectivity index (χ3v) is 2.14. The van der Waals surface area contributed by atoms with Crippen molar-refractivity contribution in [3.05, 3.63) is 18.2 Å². The van der Waals surface area contributed by atoms with Gasteiger partial charge in [0, 0.05) is 37.1 Å². The zero-order chi connectivity index (χ0) is 10.6. The quantitative estimate of drug-likeness (QED) is 0.746. The highest BCUT2D eigenvalue weighted by Gasteiger charge is 2.02. The van der Waals surface area contributed by atoms with Gasteiger partial charge in [-0.1, -0.05) is 0 Å². The second-order valence-corrected chi connectivity index (χ2v) is 3.21. The number of hydrogen-bond donors (Lipinski definition) is 1. The lowest BCUT2D eigenvalue weighted by Crippen LogP contribution is -2.15. The predicted molar refractivity (Wildman–Crippen MR) is 61.0 cm³/mol. The fourth-order valence-electron chi connectivity index (χ4n) is 1.26. The first kappa shape index (κ1) is 10.7. The Bertz CT molecular complexity index is 299. The van der Waals surface area contributed by atoms with Crippen LogP contribution in [-0.4, -0.2) is 20.2 Å². The van der Waals surface area contributed by atoms with E-state index >= 15 is 0 Å². The summed E-state index contributed by atoms with van der Waals surface area (Å²) in [6.07, 6.45) is 0. The summed E-state index contributed by atoms with van der Waals surface area (Å²) in [4.78, 5) is 2.12. The Morgan fingerprint density at radius 2 is 2.00 bits per heavy atom. The standard InChI is InChI=1S/C11H18N2O/c1-4-13(3)10-6-9(12)7-11(8-10)14-5-2/h6-8H,4-5,12H2,1-3H3. The maximum atomic E-state index is 5.78. The topological polar surface area (TPSA) is 38.5 Å². The second kappa shape index (κ2) is 4.74. The maximum absolute atomic E-state index is 5.78. The van der Waals surface area contributed by atoms with E-state index in [-0.39, 0.29) is 0 Å². The van der Waals surface area contributed by atoms with Gasteiger partial charge in [0.1, 0.15) is 5.75 Å². The summed E-state index contributed by atoms with van der Waals surface area (Å²) in [6.45, 7) is 5.68. The lowest BCUT2D eigenvalue weighted by atomic mass is 10.2. The molecule has 1 aromatic rings. The molecule has 1 aromatic carbocycles. The van der Waals surface area contributed by atoms with Crippen molar-refractivity contribution < 1.29 is 4.74 Å². The fourth-order valence-corrected chi connectivity index (χ4v) is 1.26. The molecule has 0 unspecified atom stereocenters. The van der Waals surface area contributed by atoms with Gasteiger partial charge in [-0.3, -0.25) is 0 Å². The summed E-state index contributed by atoms with van der Waals surface area (Å²) in [5.74, 6) is 0.836. The van der Waals surface area contributed by atoms with Crippen LogP contribution in [0.3, 0.4) is 0 Å². The van der Waals surface area contributed by atoms with Crippen molar-refractivity contribution in [3.8, 4) is 5.75 Å². The normalized spacial score (nSPS) is 9.93. The number of ether oxygens (including phenoxy) is 1. The molecule has 0 amide bonds. The molecule has 78 valence electrons. The van der Waals surface area contributed by atoms with Crippen molar-refractivity contribution in [1.82, 2.24) is 0 Å². The molecule has 0 fully saturated rings. The SMILES string of the molecule is CCOc1cc(N)cc(N(C)CC)c1. The third kappa shape index (κ3) is 2.55. The lowest BCUT2D eigenvalue weighted by Gasteiger charge is -2.18. The van der Waals surface area contributed by atoms with E-state index in [1.54, 1.807) is 0 Å². The minimum atomic E-state index is 0.665. The molecule has 0 atom stereocenters. The minimum Gasteiger partial charge on any atom is -0.494 e. The highest BCUT2D eigenvalue weighted by atomic mass is 16.5. The van der Waals surface area contributed by atoms with Gasteiger partial charge in [-0.2, -0.15) is 0 Å². The van der Waals surface area contributed by atoms with Gasteiger partial charge in [-0.25, -0.2) is 0 Å². The molecule has 3 nitrogen and oxygen atoms in total. The van der Waals surface area contributed by atoms with Crippen molar-refractivity contribution in [1.29, 1.82) is 0 Å². The number of anilines is 2. The molecule has 0 saturated heterocycles. The predicted octanol–water partition coefficient (Wildman–Crippen LogP) is 2.12. The van der Waals surface area contributed by atoms with E-state index in [1.165, 1.54) is 0 Å². The Morgan fingerprint density at radius 1 is 1.29 bits per heavy atom. The number of nitrogens with zero attached hydrogens (tertiary/aromatic N) is 1.